The van der Waals surface area contributed by atoms with Gasteiger partial charge in [0.2, 0.25) is 0 Å². The highest BCUT2D eigenvalue weighted by Crippen LogP contribution is 2.13. The zero-order valence-corrected chi connectivity index (χ0v) is 11.1. The third-order valence-electron chi connectivity index (χ3n) is 3.42. The number of rotatable bonds is 3. The lowest BCUT2D eigenvalue weighted by Gasteiger charge is -2.27. The number of hydrogen-bond donors (Lipinski definition) is 1. The summed E-state index contributed by atoms with van der Waals surface area (Å²) in [6.07, 6.45) is 4.11. The fourth-order valence-electron chi connectivity index (χ4n) is 2.45. The molecule has 1 amide bonds. The van der Waals surface area contributed by atoms with Gasteiger partial charge in [0.05, 0.1) is 0 Å². The van der Waals surface area contributed by atoms with Gasteiger partial charge in [0.15, 0.2) is 0 Å². The molecule has 1 N–H and O–H groups in total. The molecule has 0 saturated carbocycles. The minimum atomic E-state index is 0.0890. The van der Waals surface area contributed by atoms with Crippen LogP contribution in [0.15, 0.2) is 18.3 Å². The quantitative estimate of drug-likeness (QED) is 0.879. The van der Waals surface area contributed by atoms with E-state index in [2.05, 4.69) is 10.3 Å². The Morgan fingerprint density at radius 2 is 2.44 bits per heavy atom. The van der Waals surface area contributed by atoms with Gasteiger partial charge >= 0.3 is 0 Å². The van der Waals surface area contributed by atoms with Crippen molar-refractivity contribution in [2.75, 3.05) is 26.7 Å². The maximum Gasteiger partial charge on any atom is 0.253 e. The second-order valence-corrected chi connectivity index (χ2v) is 5.08. The molecule has 0 radical (unpaired) electrons. The summed E-state index contributed by atoms with van der Waals surface area (Å²) in [5, 5.41) is 3.38. The minimum absolute atomic E-state index is 0.0890. The van der Waals surface area contributed by atoms with Crippen molar-refractivity contribution in [3.63, 3.8) is 0 Å². The molecule has 0 spiro atoms. The Labute approximate surface area is 108 Å². The van der Waals surface area contributed by atoms with E-state index in [0.29, 0.717) is 5.92 Å². The van der Waals surface area contributed by atoms with Gasteiger partial charge in [-0.25, -0.2) is 0 Å². The highest BCUT2D eigenvalue weighted by Gasteiger charge is 2.18. The number of hydrogen-bond acceptors (Lipinski definition) is 3. The number of piperidine rings is 1. The molecule has 0 aromatic carbocycles. The second-order valence-electron chi connectivity index (χ2n) is 5.08. The normalized spacial score (nSPS) is 19.6. The lowest BCUT2D eigenvalue weighted by atomic mass is 9.99. The van der Waals surface area contributed by atoms with E-state index in [1.807, 2.05) is 24.9 Å². The molecule has 0 aliphatic carbocycles. The van der Waals surface area contributed by atoms with Gasteiger partial charge < -0.3 is 10.2 Å². The van der Waals surface area contributed by atoms with E-state index in [9.17, 15) is 4.79 Å². The molecule has 1 fully saturated rings. The molecule has 1 atom stereocenters. The molecular weight excluding hydrogens is 226 g/mol. The van der Waals surface area contributed by atoms with Crippen LogP contribution in [-0.2, 0) is 0 Å². The molecule has 1 saturated heterocycles. The Hall–Kier alpha value is -1.42. The van der Waals surface area contributed by atoms with Crippen LogP contribution in [0.3, 0.4) is 0 Å². The molecule has 4 nitrogen and oxygen atoms in total. The van der Waals surface area contributed by atoms with E-state index in [-0.39, 0.29) is 5.91 Å². The molecule has 1 aliphatic rings. The highest BCUT2D eigenvalue weighted by atomic mass is 16.2. The summed E-state index contributed by atoms with van der Waals surface area (Å²) >= 11 is 0. The van der Waals surface area contributed by atoms with Crippen molar-refractivity contribution in [2.45, 2.75) is 19.8 Å². The number of aromatic nitrogens is 1. The third kappa shape index (κ3) is 3.29. The van der Waals surface area contributed by atoms with E-state index in [1.54, 1.807) is 12.3 Å². The lowest BCUT2D eigenvalue weighted by Crippen LogP contribution is -2.39. The molecule has 98 valence electrons. The molecule has 1 aromatic heterocycles. The first-order chi connectivity index (χ1) is 8.66. The van der Waals surface area contributed by atoms with Crippen molar-refractivity contribution in [3.05, 3.63) is 29.6 Å². The van der Waals surface area contributed by atoms with Gasteiger partial charge in [-0.1, -0.05) is 0 Å². The average molecular weight is 247 g/mol. The van der Waals surface area contributed by atoms with Gasteiger partial charge in [-0.15, -0.1) is 0 Å². The largest absolute Gasteiger partial charge is 0.341 e. The van der Waals surface area contributed by atoms with Crippen molar-refractivity contribution in [3.8, 4) is 0 Å². The van der Waals surface area contributed by atoms with Gasteiger partial charge in [-0.3, -0.25) is 9.78 Å². The molecule has 0 bridgehead atoms. The van der Waals surface area contributed by atoms with Crippen molar-refractivity contribution in [2.24, 2.45) is 5.92 Å². The van der Waals surface area contributed by atoms with Crippen LogP contribution in [0.2, 0.25) is 0 Å². The zero-order chi connectivity index (χ0) is 13.0. The number of nitrogens with zero attached hydrogens (tertiary/aromatic N) is 2. The Morgan fingerprint density at radius 3 is 3.11 bits per heavy atom. The van der Waals surface area contributed by atoms with Gasteiger partial charge in [-0.05, 0) is 50.9 Å². The highest BCUT2D eigenvalue weighted by molar-refractivity contribution is 5.94. The molecule has 1 unspecified atom stereocenters. The standard InChI is InChI=1S/C14H21N3O/c1-11-8-13(5-7-16-11)14(18)17(2)10-12-4-3-6-15-9-12/h5,7-8,12,15H,3-4,6,9-10H2,1-2H3. The summed E-state index contributed by atoms with van der Waals surface area (Å²) < 4.78 is 0. The number of pyridine rings is 1. The predicted octanol–water partition coefficient (Wildman–Crippen LogP) is 1.46. The van der Waals surface area contributed by atoms with Crippen LogP contribution in [0, 0.1) is 12.8 Å². The summed E-state index contributed by atoms with van der Waals surface area (Å²) in [6.45, 7) is 4.86. The Kier molecular flexibility index (Phi) is 4.31. The van der Waals surface area contributed by atoms with Crippen LogP contribution >= 0.6 is 0 Å². The van der Waals surface area contributed by atoms with Crippen LogP contribution in [0.4, 0.5) is 0 Å². The summed E-state index contributed by atoms with van der Waals surface area (Å²) in [4.78, 5) is 18.2. The van der Waals surface area contributed by atoms with Gasteiger partial charge in [0.1, 0.15) is 0 Å². The molecule has 2 heterocycles. The van der Waals surface area contributed by atoms with E-state index < -0.39 is 0 Å². The summed E-state index contributed by atoms with van der Waals surface area (Å²) in [5.41, 5.74) is 1.61. The first-order valence-corrected chi connectivity index (χ1v) is 6.55. The number of amides is 1. The Morgan fingerprint density at radius 1 is 1.61 bits per heavy atom. The molecule has 18 heavy (non-hydrogen) atoms. The van der Waals surface area contributed by atoms with E-state index >= 15 is 0 Å². The van der Waals surface area contributed by atoms with Crippen molar-refractivity contribution in [1.82, 2.24) is 15.2 Å². The maximum absolute atomic E-state index is 12.2. The Bertz CT molecular complexity index is 413. The summed E-state index contributed by atoms with van der Waals surface area (Å²) in [5.74, 6) is 0.668. The topological polar surface area (TPSA) is 45.2 Å². The number of aryl methyl sites for hydroxylation is 1. The SMILES string of the molecule is Cc1cc(C(=O)N(C)CC2CCCNC2)ccn1. The Balaban J connectivity index is 1.95. The minimum Gasteiger partial charge on any atom is -0.341 e. The second kappa shape index (κ2) is 5.96. The van der Waals surface area contributed by atoms with E-state index in [1.165, 1.54) is 12.8 Å². The number of carbonyl (C=O) groups excluding carboxylic acids is 1. The summed E-state index contributed by atoms with van der Waals surface area (Å²) in [7, 11) is 1.88. The van der Waals surface area contributed by atoms with E-state index in [4.69, 9.17) is 0 Å². The number of carbonyl (C=O) groups is 1. The lowest BCUT2D eigenvalue weighted by molar-refractivity contribution is 0.0764. The van der Waals surface area contributed by atoms with Crippen LogP contribution in [0.25, 0.3) is 0 Å². The van der Waals surface area contributed by atoms with Crippen LogP contribution in [-0.4, -0.2) is 42.5 Å². The average Bonchev–Trinajstić information content (AvgIpc) is 2.39. The van der Waals surface area contributed by atoms with Crippen LogP contribution in [0.5, 0.6) is 0 Å². The predicted molar refractivity (Wildman–Crippen MR) is 71.5 cm³/mol. The zero-order valence-electron chi connectivity index (χ0n) is 11.1. The number of nitrogens with one attached hydrogen (secondary N) is 1. The van der Waals surface area contributed by atoms with Crippen molar-refractivity contribution < 1.29 is 4.79 Å². The molecule has 2 rings (SSSR count). The van der Waals surface area contributed by atoms with Crippen LogP contribution < -0.4 is 5.32 Å². The first kappa shape index (κ1) is 13.0. The summed E-state index contributed by atoms with van der Waals surface area (Å²) in [6, 6.07) is 3.63. The van der Waals surface area contributed by atoms with Crippen molar-refractivity contribution in [1.29, 1.82) is 0 Å². The molecule has 4 heteroatoms. The van der Waals surface area contributed by atoms with Gasteiger partial charge in [-0.2, -0.15) is 0 Å². The molecule has 1 aliphatic heterocycles. The monoisotopic (exact) mass is 247 g/mol. The fraction of sp³-hybridized carbons (Fsp3) is 0.571. The van der Waals surface area contributed by atoms with Crippen molar-refractivity contribution >= 4 is 5.91 Å². The van der Waals surface area contributed by atoms with Crippen LogP contribution in [0.1, 0.15) is 28.9 Å². The van der Waals surface area contributed by atoms with Gasteiger partial charge in [0.25, 0.3) is 5.91 Å². The smallest absolute Gasteiger partial charge is 0.253 e. The van der Waals surface area contributed by atoms with E-state index in [0.717, 1.165) is 30.9 Å². The fourth-order valence-corrected chi connectivity index (χ4v) is 2.45. The maximum atomic E-state index is 12.2. The third-order valence-corrected chi connectivity index (χ3v) is 3.42. The van der Waals surface area contributed by atoms with Gasteiger partial charge in [0, 0.05) is 31.0 Å². The molecule has 1 aromatic rings. The molecular formula is C14H21N3O. The first-order valence-electron chi connectivity index (χ1n) is 6.55.